The van der Waals surface area contributed by atoms with E-state index in [4.69, 9.17) is 9.72 Å². The summed E-state index contributed by atoms with van der Waals surface area (Å²) < 4.78 is 5.79. The van der Waals surface area contributed by atoms with Gasteiger partial charge in [-0.25, -0.2) is 4.98 Å². The molecule has 1 atom stereocenters. The van der Waals surface area contributed by atoms with Crippen molar-refractivity contribution in [1.29, 1.82) is 0 Å². The Morgan fingerprint density at radius 3 is 2.64 bits per heavy atom. The number of nitrogens with zero attached hydrogens (tertiary/aromatic N) is 1. The Hall–Kier alpha value is -1.39. The van der Waals surface area contributed by atoms with Crippen molar-refractivity contribution in [3.05, 3.63) is 34.2 Å². The van der Waals surface area contributed by atoms with Gasteiger partial charge in [0.05, 0.1) is 18.3 Å². The molecule has 0 bridgehead atoms. The molecule has 0 saturated carbocycles. The highest BCUT2D eigenvalue weighted by Crippen LogP contribution is 2.35. The van der Waals surface area contributed by atoms with Crippen LogP contribution in [-0.4, -0.2) is 18.6 Å². The second kappa shape index (κ2) is 6.80. The normalized spacial score (nSPS) is 13.2. The highest BCUT2D eigenvalue weighted by Gasteiger charge is 2.20. The van der Waals surface area contributed by atoms with Crippen LogP contribution in [0.1, 0.15) is 51.2 Å². The maximum Gasteiger partial charge on any atom is 0.123 e. The third-order valence-electron chi connectivity index (χ3n) is 3.71. The van der Waals surface area contributed by atoms with E-state index in [1.54, 1.807) is 11.3 Å². The lowest BCUT2D eigenvalue weighted by atomic mass is 9.85. The minimum Gasteiger partial charge on any atom is -0.494 e. The van der Waals surface area contributed by atoms with Crippen LogP contribution in [-0.2, 0) is 5.41 Å². The van der Waals surface area contributed by atoms with Gasteiger partial charge >= 0.3 is 0 Å². The Morgan fingerprint density at radius 2 is 2.05 bits per heavy atom. The molecule has 2 rings (SSSR count). The maximum atomic E-state index is 5.79. The van der Waals surface area contributed by atoms with Gasteiger partial charge in [0.15, 0.2) is 0 Å². The van der Waals surface area contributed by atoms with E-state index in [0.29, 0.717) is 6.61 Å². The smallest absolute Gasteiger partial charge is 0.123 e. The van der Waals surface area contributed by atoms with E-state index in [2.05, 4.69) is 56.6 Å². The van der Waals surface area contributed by atoms with Crippen LogP contribution in [0.2, 0.25) is 0 Å². The predicted molar refractivity (Wildman–Crippen MR) is 94.9 cm³/mol. The molecule has 0 spiro atoms. The van der Waals surface area contributed by atoms with Crippen LogP contribution >= 0.6 is 11.3 Å². The molecule has 120 valence electrons. The summed E-state index contributed by atoms with van der Waals surface area (Å²) >= 11 is 1.70. The Bertz CT molecular complexity index is 628. The summed E-state index contributed by atoms with van der Waals surface area (Å²) in [5, 5.41) is 6.48. The Morgan fingerprint density at radius 1 is 1.32 bits per heavy atom. The number of benzene rings is 1. The first-order valence-electron chi connectivity index (χ1n) is 7.77. The summed E-state index contributed by atoms with van der Waals surface area (Å²) in [7, 11) is 1.96. The molecular weight excluding hydrogens is 292 g/mol. The van der Waals surface area contributed by atoms with E-state index in [-0.39, 0.29) is 11.5 Å². The standard InChI is InChI=1S/C18H26N2OS/c1-7-21-16-9-8-13(10-14(16)18(3,4)5)15-11-22-17(20-15)12(2)19-6/h8-12,19H,7H2,1-6H3. The van der Waals surface area contributed by atoms with E-state index < -0.39 is 0 Å². The SMILES string of the molecule is CCOc1ccc(-c2csc(C(C)NC)n2)cc1C(C)(C)C. The van der Waals surface area contributed by atoms with Crippen molar-refractivity contribution in [2.45, 2.75) is 46.1 Å². The first kappa shape index (κ1) is 17.0. The highest BCUT2D eigenvalue weighted by molar-refractivity contribution is 7.10. The molecular formula is C18H26N2OS. The van der Waals surface area contributed by atoms with Crippen LogP contribution in [0.25, 0.3) is 11.3 Å². The molecule has 22 heavy (non-hydrogen) atoms. The molecule has 0 aliphatic heterocycles. The molecule has 0 aliphatic rings. The van der Waals surface area contributed by atoms with Gasteiger partial charge in [-0.2, -0.15) is 0 Å². The zero-order chi connectivity index (χ0) is 16.3. The molecule has 0 amide bonds. The van der Waals surface area contributed by atoms with Gasteiger partial charge in [0.1, 0.15) is 10.8 Å². The van der Waals surface area contributed by atoms with Crippen molar-refractivity contribution in [3.8, 4) is 17.0 Å². The van der Waals surface area contributed by atoms with Gasteiger partial charge in [0.25, 0.3) is 0 Å². The Labute approximate surface area is 137 Å². The number of hydrogen-bond acceptors (Lipinski definition) is 4. The van der Waals surface area contributed by atoms with Crippen LogP contribution in [0.4, 0.5) is 0 Å². The lowest BCUT2D eigenvalue weighted by Crippen LogP contribution is -2.13. The largest absolute Gasteiger partial charge is 0.494 e. The lowest BCUT2D eigenvalue weighted by molar-refractivity contribution is 0.330. The third kappa shape index (κ3) is 3.68. The minimum absolute atomic E-state index is 0.0393. The van der Waals surface area contributed by atoms with Crippen molar-refractivity contribution in [1.82, 2.24) is 10.3 Å². The number of thiazole rings is 1. The van der Waals surface area contributed by atoms with E-state index in [9.17, 15) is 0 Å². The van der Waals surface area contributed by atoms with Gasteiger partial charge in [-0.05, 0) is 44.5 Å². The fraction of sp³-hybridized carbons (Fsp3) is 0.500. The molecule has 1 heterocycles. The van der Waals surface area contributed by atoms with Gasteiger partial charge in [0, 0.05) is 16.5 Å². The van der Waals surface area contributed by atoms with Crippen LogP contribution in [0, 0.1) is 0 Å². The zero-order valence-corrected chi connectivity index (χ0v) is 15.2. The summed E-state index contributed by atoms with van der Waals surface area (Å²) in [6, 6.07) is 6.67. The monoisotopic (exact) mass is 318 g/mol. The summed E-state index contributed by atoms with van der Waals surface area (Å²) in [5.41, 5.74) is 3.45. The molecule has 1 unspecified atom stereocenters. The van der Waals surface area contributed by atoms with Gasteiger partial charge in [-0.3, -0.25) is 0 Å². The van der Waals surface area contributed by atoms with E-state index >= 15 is 0 Å². The van der Waals surface area contributed by atoms with Gasteiger partial charge in [0.2, 0.25) is 0 Å². The van der Waals surface area contributed by atoms with Crippen LogP contribution in [0.5, 0.6) is 5.75 Å². The molecule has 2 aromatic rings. The first-order valence-corrected chi connectivity index (χ1v) is 8.65. The second-order valence-electron chi connectivity index (χ2n) is 6.48. The second-order valence-corrected chi connectivity index (χ2v) is 7.36. The quantitative estimate of drug-likeness (QED) is 0.861. The van der Waals surface area contributed by atoms with E-state index in [1.165, 1.54) is 5.56 Å². The predicted octanol–water partition coefficient (Wildman–Crippen LogP) is 4.79. The third-order valence-corrected chi connectivity index (χ3v) is 4.74. The summed E-state index contributed by atoms with van der Waals surface area (Å²) in [6.45, 7) is 11.5. The average molecular weight is 318 g/mol. The maximum absolute atomic E-state index is 5.79. The van der Waals surface area contributed by atoms with Gasteiger partial charge in [-0.1, -0.05) is 20.8 Å². The van der Waals surface area contributed by atoms with Crippen LogP contribution in [0.15, 0.2) is 23.6 Å². The number of rotatable bonds is 5. The molecule has 1 aromatic carbocycles. The number of ether oxygens (including phenoxy) is 1. The zero-order valence-electron chi connectivity index (χ0n) is 14.4. The van der Waals surface area contributed by atoms with Gasteiger partial charge < -0.3 is 10.1 Å². The van der Waals surface area contributed by atoms with Crippen molar-refractivity contribution in [2.24, 2.45) is 0 Å². The van der Waals surface area contributed by atoms with Crippen molar-refractivity contribution < 1.29 is 4.74 Å². The topological polar surface area (TPSA) is 34.1 Å². The van der Waals surface area contributed by atoms with E-state index in [1.807, 2.05) is 14.0 Å². The van der Waals surface area contributed by atoms with Crippen LogP contribution < -0.4 is 10.1 Å². The molecule has 0 radical (unpaired) electrons. The summed E-state index contributed by atoms with van der Waals surface area (Å²) in [4.78, 5) is 4.77. The molecule has 0 saturated heterocycles. The Kier molecular flexibility index (Phi) is 5.24. The molecule has 3 nitrogen and oxygen atoms in total. The fourth-order valence-electron chi connectivity index (χ4n) is 2.30. The fourth-order valence-corrected chi connectivity index (χ4v) is 3.19. The average Bonchev–Trinajstić information content (AvgIpc) is 2.96. The molecule has 0 aliphatic carbocycles. The summed E-state index contributed by atoms with van der Waals surface area (Å²) in [6.07, 6.45) is 0. The van der Waals surface area contributed by atoms with Crippen molar-refractivity contribution in [3.63, 3.8) is 0 Å². The van der Waals surface area contributed by atoms with Crippen LogP contribution in [0.3, 0.4) is 0 Å². The molecule has 0 fully saturated rings. The van der Waals surface area contributed by atoms with Crippen molar-refractivity contribution in [2.75, 3.05) is 13.7 Å². The lowest BCUT2D eigenvalue weighted by Gasteiger charge is -2.23. The minimum atomic E-state index is 0.0393. The summed E-state index contributed by atoms with van der Waals surface area (Å²) in [5.74, 6) is 0.970. The molecule has 4 heteroatoms. The highest BCUT2D eigenvalue weighted by atomic mass is 32.1. The number of nitrogens with one attached hydrogen (secondary N) is 1. The molecule has 1 N–H and O–H groups in total. The van der Waals surface area contributed by atoms with Crippen molar-refractivity contribution >= 4 is 11.3 Å². The van der Waals surface area contributed by atoms with E-state index in [0.717, 1.165) is 22.0 Å². The Balaban J connectivity index is 2.42. The number of aromatic nitrogens is 1. The number of hydrogen-bond donors (Lipinski definition) is 1. The first-order chi connectivity index (χ1) is 10.4. The molecule has 1 aromatic heterocycles. The van der Waals surface area contributed by atoms with Gasteiger partial charge in [-0.15, -0.1) is 11.3 Å².